The molecule has 2 heterocycles. The molecule has 0 radical (unpaired) electrons. The summed E-state index contributed by atoms with van der Waals surface area (Å²) in [6.07, 6.45) is 1.60. The summed E-state index contributed by atoms with van der Waals surface area (Å²) in [5, 5.41) is 17.1. The van der Waals surface area contributed by atoms with Crippen molar-refractivity contribution in [2.45, 2.75) is 26.0 Å². The number of rotatable bonds is 4. The van der Waals surface area contributed by atoms with Gasteiger partial charge in [-0.05, 0) is 13.3 Å². The highest BCUT2D eigenvalue weighted by atomic mass is 16.3. The first kappa shape index (κ1) is 10.7. The predicted molar refractivity (Wildman–Crippen MR) is 57.2 cm³/mol. The monoisotopic (exact) mass is 223 g/mol. The molecule has 0 aliphatic carbocycles. The highest BCUT2D eigenvalue weighted by molar-refractivity contribution is 5.81. The fourth-order valence-electron chi connectivity index (χ4n) is 1.36. The number of aliphatic hydroxyl groups excluding tert-OH is 1. The van der Waals surface area contributed by atoms with Crippen molar-refractivity contribution in [3.05, 3.63) is 6.33 Å². The molecule has 0 spiro atoms. The summed E-state index contributed by atoms with van der Waals surface area (Å²) in [6.45, 7) is 2.27. The third-order valence-corrected chi connectivity index (χ3v) is 2.20. The Balaban J connectivity index is 2.34. The summed E-state index contributed by atoms with van der Waals surface area (Å²) in [7, 11) is 0. The number of aromatic nitrogens is 5. The molecule has 1 atom stereocenters. The lowest BCUT2D eigenvalue weighted by atomic mass is 10.3. The number of nitrogens with zero attached hydrogens (tertiary/aromatic N) is 5. The Morgan fingerprint density at radius 3 is 3.06 bits per heavy atom. The van der Waals surface area contributed by atoms with E-state index < -0.39 is 0 Å². The number of aryl methyl sites for hydroxylation is 1. The van der Waals surface area contributed by atoms with Crippen molar-refractivity contribution in [3.63, 3.8) is 0 Å². The van der Waals surface area contributed by atoms with Crippen molar-refractivity contribution in [2.75, 3.05) is 5.43 Å². The molecule has 1 unspecified atom stereocenters. The standard InChI is InChI=1S/C8H13N7O/c1-5(16)2-3-15-8-6(13-14-15)7(12-9)10-4-11-8/h4-5,16H,2-3,9H2,1H3,(H,10,11,12). The average Bonchev–Trinajstić information content (AvgIpc) is 2.69. The minimum Gasteiger partial charge on any atom is -0.393 e. The molecular weight excluding hydrogens is 210 g/mol. The topological polar surface area (TPSA) is 115 Å². The molecule has 2 rings (SSSR count). The van der Waals surface area contributed by atoms with Gasteiger partial charge in [-0.2, -0.15) is 0 Å². The molecule has 2 aromatic heterocycles. The minimum absolute atomic E-state index is 0.381. The lowest BCUT2D eigenvalue weighted by molar-refractivity contribution is 0.176. The average molecular weight is 223 g/mol. The number of nitrogen functional groups attached to an aromatic ring is 1. The van der Waals surface area contributed by atoms with Gasteiger partial charge in [0.25, 0.3) is 0 Å². The van der Waals surface area contributed by atoms with Crippen LogP contribution in [0.15, 0.2) is 6.33 Å². The highest BCUT2D eigenvalue weighted by Gasteiger charge is 2.10. The first-order valence-electron chi connectivity index (χ1n) is 4.91. The van der Waals surface area contributed by atoms with Crippen LogP contribution in [0.5, 0.6) is 0 Å². The van der Waals surface area contributed by atoms with E-state index in [1.54, 1.807) is 11.6 Å². The summed E-state index contributed by atoms with van der Waals surface area (Å²) < 4.78 is 1.62. The predicted octanol–water partition coefficient (Wildman–Crippen LogP) is -0.722. The second-order valence-corrected chi connectivity index (χ2v) is 3.49. The van der Waals surface area contributed by atoms with Crippen molar-refractivity contribution in [1.82, 2.24) is 25.0 Å². The van der Waals surface area contributed by atoms with Gasteiger partial charge >= 0.3 is 0 Å². The molecule has 8 heteroatoms. The Labute approximate surface area is 91.5 Å². The molecule has 0 saturated heterocycles. The number of nitrogens with two attached hydrogens (primary N) is 1. The Bertz CT molecular complexity index is 480. The molecule has 0 bridgehead atoms. The van der Waals surface area contributed by atoms with Crippen LogP contribution in [0, 0.1) is 0 Å². The summed E-state index contributed by atoms with van der Waals surface area (Å²) in [6, 6.07) is 0. The van der Waals surface area contributed by atoms with Gasteiger partial charge < -0.3 is 10.5 Å². The van der Waals surface area contributed by atoms with Gasteiger partial charge in [-0.3, -0.25) is 0 Å². The zero-order valence-electron chi connectivity index (χ0n) is 8.83. The first-order chi connectivity index (χ1) is 7.72. The van der Waals surface area contributed by atoms with Gasteiger partial charge in [0.2, 0.25) is 0 Å². The van der Waals surface area contributed by atoms with Crippen molar-refractivity contribution < 1.29 is 5.11 Å². The number of anilines is 1. The van der Waals surface area contributed by atoms with Crippen LogP contribution in [-0.4, -0.2) is 36.2 Å². The summed E-state index contributed by atoms with van der Waals surface area (Å²) in [5.41, 5.74) is 3.56. The van der Waals surface area contributed by atoms with Crippen LogP contribution in [0.3, 0.4) is 0 Å². The molecule has 0 fully saturated rings. The summed E-state index contributed by atoms with van der Waals surface area (Å²) >= 11 is 0. The Morgan fingerprint density at radius 1 is 1.56 bits per heavy atom. The van der Waals surface area contributed by atoms with E-state index in [-0.39, 0.29) is 6.10 Å². The summed E-state index contributed by atoms with van der Waals surface area (Å²) in [4.78, 5) is 8.00. The van der Waals surface area contributed by atoms with E-state index in [4.69, 9.17) is 5.84 Å². The maximum atomic E-state index is 9.20. The molecule has 8 nitrogen and oxygen atoms in total. The molecule has 16 heavy (non-hydrogen) atoms. The lowest BCUT2D eigenvalue weighted by Gasteiger charge is -2.04. The number of hydrogen-bond donors (Lipinski definition) is 3. The van der Waals surface area contributed by atoms with Crippen LogP contribution in [0.1, 0.15) is 13.3 Å². The molecule has 0 aliphatic heterocycles. The van der Waals surface area contributed by atoms with E-state index in [0.717, 1.165) is 0 Å². The fraction of sp³-hybridized carbons (Fsp3) is 0.500. The maximum absolute atomic E-state index is 9.20. The minimum atomic E-state index is -0.381. The Hall–Kier alpha value is -1.80. The van der Waals surface area contributed by atoms with E-state index in [0.29, 0.717) is 29.9 Å². The molecule has 2 aromatic rings. The van der Waals surface area contributed by atoms with Gasteiger partial charge in [0, 0.05) is 6.54 Å². The number of nitrogens with one attached hydrogen (secondary N) is 1. The van der Waals surface area contributed by atoms with Crippen molar-refractivity contribution >= 4 is 17.0 Å². The Kier molecular flexibility index (Phi) is 2.93. The van der Waals surface area contributed by atoms with Crippen LogP contribution < -0.4 is 11.3 Å². The molecule has 0 aliphatic rings. The normalized spacial score (nSPS) is 12.9. The van der Waals surface area contributed by atoms with Crippen molar-refractivity contribution in [2.24, 2.45) is 5.84 Å². The number of hydrogen-bond acceptors (Lipinski definition) is 7. The van der Waals surface area contributed by atoms with E-state index >= 15 is 0 Å². The van der Waals surface area contributed by atoms with Crippen LogP contribution in [-0.2, 0) is 6.54 Å². The van der Waals surface area contributed by atoms with Crippen LogP contribution in [0.4, 0.5) is 5.82 Å². The van der Waals surface area contributed by atoms with E-state index in [9.17, 15) is 5.11 Å². The second-order valence-electron chi connectivity index (χ2n) is 3.49. The highest BCUT2D eigenvalue weighted by Crippen LogP contribution is 2.14. The van der Waals surface area contributed by atoms with Gasteiger partial charge in [-0.25, -0.2) is 20.5 Å². The van der Waals surface area contributed by atoms with Gasteiger partial charge in [0.05, 0.1) is 6.10 Å². The number of aliphatic hydroxyl groups is 1. The zero-order chi connectivity index (χ0) is 11.5. The SMILES string of the molecule is CC(O)CCn1nnc2c(NN)ncnc21. The van der Waals surface area contributed by atoms with Crippen LogP contribution in [0.2, 0.25) is 0 Å². The van der Waals surface area contributed by atoms with E-state index in [2.05, 4.69) is 25.7 Å². The smallest absolute Gasteiger partial charge is 0.183 e. The molecule has 0 amide bonds. The largest absolute Gasteiger partial charge is 0.393 e. The Morgan fingerprint density at radius 2 is 2.38 bits per heavy atom. The van der Waals surface area contributed by atoms with Crippen molar-refractivity contribution in [1.29, 1.82) is 0 Å². The van der Waals surface area contributed by atoms with Gasteiger partial charge in [0.15, 0.2) is 17.0 Å². The lowest BCUT2D eigenvalue weighted by Crippen LogP contribution is -2.10. The number of hydrazine groups is 1. The molecular formula is C8H13N7O. The third kappa shape index (κ3) is 1.92. The quantitative estimate of drug-likeness (QED) is 0.462. The maximum Gasteiger partial charge on any atom is 0.183 e. The van der Waals surface area contributed by atoms with Gasteiger partial charge in [-0.15, -0.1) is 5.10 Å². The molecule has 0 saturated carbocycles. The van der Waals surface area contributed by atoms with E-state index in [1.807, 2.05) is 0 Å². The first-order valence-corrected chi connectivity index (χ1v) is 4.91. The van der Waals surface area contributed by atoms with Gasteiger partial charge in [0.1, 0.15) is 6.33 Å². The van der Waals surface area contributed by atoms with Crippen LogP contribution in [0.25, 0.3) is 11.2 Å². The zero-order valence-corrected chi connectivity index (χ0v) is 8.83. The van der Waals surface area contributed by atoms with Crippen LogP contribution >= 0.6 is 0 Å². The third-order valence-electron chi connectivity index (χ3n) is 2.20. The second kappa shape index (κ2) is 4.37. The van der Waals surface area contributed by atoms with Crippen molar-refractivity contribution in [3.8, 4) is 0 Å². The van der Waals surface area contributed by atoms with E-state index in [1.165, 1.54) is 6.33 Å². The van der Waals surface area contributed by atoms with Gasteiger partial charge in [-0.1, -0.05) is 5.21 Å². The molecule has 0 aromatic carbocycles. The summed E-state index contributed by atoms with van der Waals surface area (Å²) in [5.74, 6) is 5.73. The number of fused-ring (bicyclic) bond motifs is 1. The fourth-order valence-corrected chi connectivity index (χ4v) is 1.36. The molecule has 86 valence electrons. The molecule has 4 N–H and O–H groups in total.